The Bertz CT molecular complexity index is 210. The van der Waals surface area contributed by atoms with Crippen LogP contribution in [0.2, 0.25) is 0 Å². The van der Waals surface area contributed by atoms with E-state index in [1.807, 2.05) is 20.8 Å². The summed E-state index contributed by atoms with van der Waals surface area (Å²) in [4.78, 5) is 21.6. The molecule has 0 aromatic heterocycles. The van der Waals surface area contributed by atoms with Gasteiger partial charge >= 0.3 is 11.9 Å². The number of carboxylic acids is 1. The Morgan fingerprint density at radius 3 is 1.87 bits per heavy atom. The van der Waals surface area contributed by atoms with Gasteiger partial charge in [-0.05, 0) is 19.3 Å². The molecule has 0 aromatic carbocycles. The van der Waals surface area contributed by atoms with Crippen LogP contribution in [0.25, 0.3) is 0 Å². The molecular formula is C11H20O4. The molecule has 88 valence electrons. The Kier molecular flexibility index (Phi) is 5.97. The van der Waals surface area contributed by atoms with E-state index in [-0.39, 0.29) is 12.8 Å². The van der Waals surface area contributed by atoms with Crippen molar-refractivity contribution in [3.63, 3.8) is 0 Å². The molecule has 0 spiro atoms. The lowest BCUT2D eigenvalue weighted by Crippen LogP contribution is -2.33. The predicted octanol–water partition coefficient (Wildman–Crippen LogP) is 2.36. The van der Waals surface area contributed by atoms with Crippen LogP contribution in [0.4, 0.5) is 0 Å². The van der Waals surface area contributed by atoms with Crippen LogP contribution < -0.4 is 0 Å². The van der Waals surface area contributed by atoms with Gasteiger partial charge in [0.1, 0.15) is 5.60 Å². The van der Waals surface area contributed by atoms with Gasteiger partial charge in [-0.25, -0.2) is 0 Å². The molecule has 0 amide bonds. The van der Waals surface area contributed by atoms with Crippen molar-refractivity contribution in [2.75, 3.05) is 0 Å². The Hall–Kier alpha value is -1.06. The zero-order valence-corrected chi connectivity index (χ0v) is 9.71. The highest BCUT2D eigenvalue weighted by atomic mass is 16.6. The summed E-state index contributed by atoms with van der Waals surface area (Å²) < 4.78 is 5.33. The second-order valence-corrected chi connectivity index (χ2v) is 3.61. The maximum absolute atomic E-state index is 11.4. The zero-order valence-electron chi connectivity index (χ0n) is 9.71. The number of carbonyl (C=O) groups is 2. The molecule has 0 saturated carbocycles. The SMILES string of the molecule is CCC(CC)(CC)OC(=O)CCC(=O)O. The standard InChI is InChI=1S/C11H20O4/c1-4-11(5-2,6-3)15-10(14)8-7-9(12)13/h4-8H2,1-3H3,(H,12,13). The minimum Gasteiger partial charge on any atom is -0.481 e. The lowest BCUT2D eigenvalue weighted by atomic mass is 9.94. The largest absolute Gasteiger partial charge is 0.481 e. The molecule has 0 radical (unpaired) electrons. The van der Waals surface area contributed by atoms with Crippen molar-refractivity contribution in [2.24, 2.45) is 0 Å². The second-order valence-electron chi connectivity index (χ2n) is 3.61. The summed E-state index contributed by atoms with van der Waals surface area (Å²) in [5.41, 5.74) is -0.407. The maximum atomic E-state index is 11.4. The van der Waals surface area contributed by atoms with Crippen LogP contribution in [0.15, 0.2) is 0 Å². The van der Waals surface area contributed by atoms with Crippen molar-refractivity contribution >= 4 is 11.9 Å². The first-order valence-corrected chi connectivity index (χ1v) is 5.43. The summed E-state index contributed by atoms with van der Waals surface area (Å²) in [5, 5.41) is 8.42. The molecule has 0 aliphatic rings. The summed E-state index contributed by atoms with van der Waals surface area (Å²) in [5.74, 6) is -1.38. The fourth-order valence-electron chi connectivity index (χ4n) is 1.47. The van der Waals surface area contributed by atoms with Crippen molar-refractivity contribution in [1.29, 1.82) is 0 Å². The highest BCUT2D eigenvalue weighted by Crippen LogP contribution is 2.25. The average molecular weight is 216 g/mol. The Labute approximate surface area is 90.6 Å². The minimum absolute atomic E-state index is 0.0446. The molecule has 0 aromatic rings. The van der Waals surface area contributed by atoms with E-state index < -0.39 is 17.5 Å². The van der Waals surface area contributed by atoms with Crippen LogP contribution in [0.1, 0.15) is 52.9 Å². The van der Waals surface area contributed by atoms with Gasteiger partial charge < -0.3 is 9.84 Å². The summed E-state index contributed by atoms with van der Waals surface area (Å²) in [6, 6.07) is 0. The fourth-order valence-corrected chi connectivity index (χ4v) is 1.47. The van der Waals surface area contributed by atoms with Gasteiger partial charge in [0.05, 0.1) is 12.8 Å². The monoisotopic (exact) mass is 216 g/mol. The van der Waals surface area contributed by atoms with Gasteiger partial charge in [0.25, 0.3) is 0 Å². The first-order chi connectivity index (χ1) is 6.99. The summed E-state index contributed by atoms with van der Waals surface area (Å²) >= 11 is 0. The summed E-state index contributed by atoms with van der Waals surface area (Å²) in [6.45, 7) is 5.91. The number of rotatable bonds is 7. The van der Waals surface area contributed by atoms with E-state index in [1.54, 1.807) is 0 Å². The van der Waals surface area contributed by atoms with Crippen LogP contribution in [0, 0.1) is 0 Å². The molecule has 0 heterocycles. The van der Waals surface area contributed by atoms with Crippen molar-refractivity contribution in [2.45, 2.75) is 58.5 Å². The van der Waals surface area contributed by atoms with Crippen LogP contribution in [0.3, 0.4) is 0 Å². The van der Waals surface area contributed by atoms with Crippen LogP contribution in [-0.4, -0.2) is 22.6 Å². The quantitative estimate of drug-likeness (QED) is 0.663. The van der Waals surface area contributed by atoms with Crippen LogP contribution in [0.5, 0.6) is 0 Å². The first-order valence-electron chi connectivity index (χ1n) is 5.43. The van der Waals surface area contributed by atoms with Crippen LogP contribution in [-0.2, 0) is 14.3 Å². The third kappa shape index (κ3) is 4.81. The van der Waals surface area contributed by atoms with Gasteiger partial charge in [-0.1, -0.05) is 20.8 Å². The zero-order chi connectivity index (χ0) is 11.9. The Morgan fingerprint density at radius 2 is 1.53 bits per heavy atom. The van der Waals surface area contributed by atoms with Crippen molar-refractivity contribution in [3.05, 3.63) is 0 Å². The highest BCUT2D eigenvalue weighted by Gasteiger charge is 2.28. The maximum Gasteiger partial charge on any atom is 0.306 e. The molecule has 15 heavy (non-hydrogen) atoms. The molecule has 0 saturated heterocycles. The van der Waals surface area contributed by atoms with E-state index in [9.17, 15) is 9.59 Å². The number of hydrogen-bond acceptors (Lipinski definition) is 3. The van der Waals surface area contributed by atoms with E-state index in [2.05, 4.69) is 0 Å². The lowest BCUT2D eigenvalue weighted by molar-refractivity contribution is -0.163. The number of esters is 1. The number of hydrogen-bond donors (Lipinski definition) is 1. The van der Waals surface area contributed by atoms with Gasteiger partial charge in [0, 0.05) is 0 Å². The van der Waals surface area contributed by atoms with Crippen molar-refractivity contribution in [1.82, 2.24) is 0 Å². The smallest absolute Gasteiger partial charge is 0.306 e. The highest BCUT2D eigenvalue weighted by molar-refractivity contribution is 5.76. The molecular weight excluding hydrogens is 196 g/mol. The number of carboxylic acid groups (broad SMARTS) is 1. The molecule has 0 fully saturated rings. The summed E-state index contributed by atoms with van der Waals surface area (Å²) in [6.07, 6.45) is 2.08. The van der Waals surface area contributed by atoms with Gasteiger partial charge in [0.15, 0.2) is 0 Å². The second kappa shape index (κ2) is 6.43. The molecule has 4 nitrogen and oxygen atoms in total. The predicted molar refractivity (Wildman–Crippen MR) is 56.6 cm³/mol. The molecule has 0 atom stereocenters. The Morgan fingerprint density at radius 1 is 1.07 bits per heavy atom. The van der Waals surface area contributed by atoms with Crippen molar-refractivity contribution in [3.8, 4) is 0 Å². The first kappa shape index (κ1) is 13.9. The van der Waals surface area contributed by atoms with Gasteiger partial charge in [0.2, 0.25) is 0 Å². The minimum atomic E-state index is -0.970. The molecule has 1 N–H and O–H groups in total. The molecule has 4 heteroatoms. The molecule has 0 aliphatic carbocycles. The van der Waals surface area contributed by atoms with Gasteiger partial charge in [-0.3, -0.25) is 9.59 Å². The number of ether oxygens (including phenoxy) is 1. The summed E-state index contributed by atoms with van der Waals surface area (Å²) in [7, 11) is 0. The van der Waals surface area contributed by atoms with E-state index >= 15 is 0 Å². The molecule has 0 aliphatic heterocycles. The molecule has 0 bridgehead atoms. The third-order valence-electron chi connectivity index (χ3n) is 2.81. The van der Waals surface area contributed by atoms with E-state index in [0.29, 0.717) is 0 Å². The number of aliphatic carboxylic acids is 1. The lowest BCUT2D eigenvalue weighted by Gasteiger charge is -2.30. The van der Waals surface area contributed by atoms with Gasteiger partial charge in [-0.2, -0.15) is 0 Å². The molecule has 0 unspecified atom stereocenters. The van der Waals surface area contributed by atoms with Crippen molar-refractivity contribution < 1.29 is 19.4 Å². The van der Waals surface area contributed by atoms with E-state index in [0.717, 1.165) is 19.3 Å². The topological polar surface area (TPSA) is 63.6 Å². The van der Waals surface area contributed by atoms with Gasteiger partial charge in [-0.15, -0.1) is 0 Å². The number of carbonyl (C=O) groups excluding carboxylic acids is 1. The van der Waals surface area contributed by atoms with E-state index in [1.165, 1.54) is 0 Å². The normalized spacial score (nSPS) is 11.1. The Balaban J connectivity index is 4.17. The van der Waals surface area contributed by atoms with Crippen LogP contribution >= 0.6 is 0 Å². The molecule has 0 rings (SSSR count). The third-order valence-corrected chi connectivity index (χ3v) is 2.81. The average Bonchev–Trinajstić information content (AvgIpc) is 2.23. The van der Waals surface area contributed by atoms with E-state index in [4.69, 9.17) is 9.84 Å². The fraction of sp³-hybridized carbons (Fsp3) is 0.818.